The molecule has 0 nitrogen and oxygen atoms in total. The number of benzene rings is 1. The van der Waals surface area contributed by atoms with E-state index in [0.29, 0.717) is 0 Å². The van der Waals surface area contributed by atoms with Gasteiger partial charge in [0.25, 0.3) is 0 Å². The van der Waals surface area contributed by atoms with Crippen molar-refractivity contribution in [2.24, 2.45) is 0 Å². The second-order valence-electron chi connectivity index (χ2n) is 3.75. The molecule has 3 heteroatoms. The van der Waals surface area contributed by atoms with Gasteiger partial charge in [-0.3, -0.25) is 0 Å². The molecule has 0 saturated carbocycles. The van der Waals surface area contributed by atoms with E-state index < -0.39 is 7.26 Å². The molecule has 0 bridgehead atoms. The quantitative estimate of drug-likeness (QED) is 0.364. The molecule has 1 heterocycles. The van der Waals surface area contributed by atoms with Gasteiger partial charge >= 0.3 is 0 Å². The van der Waals surface area contributed by atoms with Crippen molar-refractivity contribution in [3.05, 3.63) is 30.3 Å². The van der Waals surface area contributed by atoms with Gasteiger partial charge in [-0.2, -0.15) is 0 Å². The Kier molecular flexibility index (Phi) is 5.64. The Bertz CT molecular complexity index is 268. The molecule has 1 saturated heterocycles. The van der Waals surface area contributed by atoms with E-state index in [2.05, 4.69) is 52.9 Å². The first kappa shape index (κ1) is 13.2. The topological polar surface area (TPSA) is 0 Å². The van der Waals surface area contributed by atoms with Crippen LogP contribution in [0, 0.1) is 0 Å². The highest BCUT2D eigenvalue weighted by Gasteiger charge is 2.41. The molecule has 1 aromatic carbocycles. The molecule has 1 aromatic rings. The van der Waals surface area contributed by atoms with Gasteiger partial charge in [-0.1, -0.05) is 18.2 Å². The molecule has 0 unspecified atom stereocenters. The summed E-state index contributed by atoms with van der Waals surface area (Å²) in [6, 6.07) is 11.2. The zero-order valence-electron chi connectivity index (χ0n) is 8.13. The van der Waals surface area contributed by atoms with Crippen molar-refractivity contribution >= 4 is 35.2 Å². The summed E-state index contributed by atoms with van der Waals surface area (Å²) in [6.07, 6.45) is 5.93. The molecule has 0 aromatic heterocycles. The van der Waals surface area contributed by atoms with Crippen LogP contribution in [0.2, 0.25) is 0 Å². The Hall–Kier alpha value is 1.11. The van der Waals surface area contributed by atoms with Crippen LogP contribution in [-0.2, 0) is 0 Å². The van der Waals surface area contributed by atoms with Crippen LogP contribution in [0.3, 0.4) is 0 Å². The number of hydrogen-bond acceptors (Lipinski definition) is 0. The van der Waals surface area contributed by atoms with Crippen LogP contribution < -0.4 is 29.3 Å². The van der Waals surface area contributed by atoms with E-state index in [1.54, 1.807) is 5.30 Å². The van der Waals surface area contributed by atoms with Crippen molar-refractivity contribution in [1.82, 2.24) is 0 Å². The van der Waals surface area contributed by atoms with Crippen molar-refractivity contribution in [1.29, 1.82) is 0 Å². The Morgan fingerprint density at radius 2 is 1.64 bits per heavy atom. The van der Waals surface area contributed by atoms with Crippen LogP contribution in [0.4, 0.5) is 0 Å². The highest BCUT2D eigenvalue weighted by Crippen LogP contribution is 2.63. The van der Waals surface area contributed by atoms with Gasteiger partial charge in [-0.25, -0.2) is 0 Å². The average molecular weight is 432 g/mol. The molecule has 0 atom stereocenters. The van der Waals surface area contributed by atoms with Crippen LogP contribution >= 0.6 is 29.9 Å². The largest absolute Gasteiger partial charge is 1.00 e. The maximum atomic E-state index is 2.60. The lowest BCUT2D eigenvalue weighted by Gasteiger charge is -2.18. The summed E-state index contributed by atoms with van der Waals surface area (Å²) in [5.74, 6) is 0. The summed E-state index contributed by atoms with van der Waals surface area (Å²) < 4.78 is 1.38. The molecular formula is C11H15I2P. The van der Waals surface area contributed by atoms with Gasteiger partial charge in [0.05, 0.1) is 24.9 Å². The number of halogens is 2. The van der Waals surface area contributed by atoms with Crippen molar-refractivity contribution < 1.29 is 24.0 Å². The summed E-state index contributed by atoms with van der Waals surface area (Å²) in [5, 5.41) is 1.67. The molecule has 14 heavy (non-hydrogen) atoms. The second-order valence-corrected chi connectivity index (χ2v) is 9.74. The average Bonchev–Trinajstić information content (AvgIpc) is 2.69. The Morgan fingerprint density at radius 1 is 1.07 bits per heavy atom. The molecule has 0 aliphatic carbocycles. The van der Waals surface area contributed by atoms with Crippen molar-refractivity contribution in [2.45, 2.75) is 12.8 Å². The van der Waals surface area contributed by atoms with E-state index in [1.165, 1.54) is 29.3 Å². The maximum absolute atomic E-state index is 2.60. The summed E-state index contributed by atoms with van der Waals surface area (Å²) in [7, 11) is -0.693. The van der Waals surface area contributed by atoms with Crippen LogP contribution in [0.15, 0.2) is 30.3 Å². The van der Waals surface area contributed by atoms with Crippen molar-refractivity contribution in [3.8, 4) is 0 Å². The summed E-state index contributed by atoms with van der Waals surface area (Å²) >= 11 is 2.60. The first-order chi connectivity index (χ1) is 6.37. The third-order valence-corrected chi connectivity index (χ3v) is 11.1. The van der Waals surface area contributed by atoms with Gasteiger partial charge in [-0.05, 0) is 47.6 Å². The van der Waals surface area contributed by atoms with E-state index in [1.807, 2.05) is 0 Å². The lowest BCUT2D eigenvalue weighted by atomic mass is 10.4. The Balaban J connectivity index is 0.000000980. The van der Waals surface area contributed by atoms with Crippen LogP contribution in [0.25, 0.3) is 0 Å². The second kappa shape index (κ2) is 6.00. The minimum absolute atomic E-state index is 0. The Labute approximate surface area is 118 Å². The lowest BCUT2D eigenvalue weighted by Crippen LogP contribution is -3.00. The minimum atomic E-state index is -0.693. The molecule has 0 N–H and O–H groups in total. The van der Waals surface area contributed by atoms with Gasteiger partial charge in [-0.15, -0.1) is 0 Å². The molecule has 0 radical (unpaired) electrons. The van der Waals surface area contributed by atoms with E-state index in [4.69, 9.17) is 0 Å². The first-order valence-corrected chi connectivity index (χ1v) is 8.72. The predicted molar refractivity (Wildman–Crippen MR) is 70.9 cm³/mol. The molecule has 1 fully saturated rings. The van der Waals surface area contributed by atoms with Gasteiger partial charge < -0.3 is 24.0 Å². The molecule has 2 rings (SSSR count). The van der Waals surface area contributed by atoms with Crippen LogP contribution in [0.5, 0.6) is 0 Å². The van der Waals surface area contributed by atoms with Crippen molar-refractivity contribution in [3.63, 3.8) is 0 Å². The first-order valence-electron chi connectivity index (χ1n) is 4.85. The Morgan fingerprint density at radius 3 is 2.14 bits per heavy atom. The summed E-state index contributed by atoms with van der Waals surface area (Å²) in [5.41, 5.74) is 0. The SMILES string of the molecule is IC[P+]1(c2ccccc2)CCCC1.[I-]. The van der Waals surface area contributed by atoms with Crippen LogP contribution in [-0.4, -0.2) is 16.5 Å². The summed E-state index contributed by atoms with van der Waals surface area (Å²) in [4.78, 5) is 0. The van der Waals surface area contributed by atoms with E-state index >= 15 is 0 Å². The number of rotatable bonds is 2. The van der Waals surface area contributed by atoms with Gasteiger partial charge in [0.2, 0.25) is 0 Å². The molecule has 78 valence electrons. The maximum Gasteiger partial charge on any atom is 0.114 e. The number of hydrogen-bond donors (Lipinski definition) is 0. The number of alkyl halides is 1. The zero-order valence-corrected chi connectivity index (χ0v) is 13.3. The lowest BCUT2D eigenvalue weighted by molar-refractivity contribution is -0.00000256. The molecular weight excluding hydrogens is 417 g/mol. The van der Waals surface area contributed by atoms with Gasteiger partial charge in [0.1, 0.15) is 4.17 Å². The summed E-state index contributed by atoms with van der Waals surface area (Å²) in [6.45, 7) is 0. The molecule has 0 amide bonds. The standard InChI is InChI=1S/C11H15IP.HI/c12-10-13(8-4-5-9-13)11-6-2-1-3-7-11;/h1-3,6-7H,4-5,8-10H2;1H/q+1;/p-1. The molecule has 1 aliphatic heterocycles. The zero-order chi connectivity index (χ0) is 9.15. The predicted octanol–water partition coefficient (Wildman–Crippen LogP) is 0.520. The molecule has 0 spiro atoms. The van der Waals surface area contributed by atoms with Gasteiger partial charge in [0.15, 0.2) is 0 Å². The highest BCUT2D eigenvalue weighted by atomic mass is 127. The van der Waals surface area contributed by atoms with Crippen LogP contribution in [0.1, 0.15) is 12.8 Å². The van der Waals surface area contributed by atoms with E-state index in [9.17, 15) is 0 Å². The minimum Gasteiger partial charge on any atom is -1.00 e. The fourth-order valence-corrected chi connectivity index (χ4v) is 8.94. The fraction of sp³-hybridized carbons (Fsp3) is 0.455. The normalized spacial score (nSPS) is 18.9. The van der Waals surface area contributed by atoms with Gasteiger partial charge in [0, 0.05) is 0 Å². The highest BCUT2D eigenvalue weighted by molar-refractivity contribution is 14.1. The third-order valence-electron chi connectivity index (χ3n) is 2.95. The fourth-order valence-electron chi connectivity index (χ4n) is 2.13. The molecule has 1 aliphatic rings. The third kappa shape index (κ3) is 2.62. The van der Waals surface area contributed by atoms with Crippen molar-refractivity contribution in [2.75, 3.05) is 16.5 Å². The van der Waals surface area contributed by atoms with E-state index in [0.717, 1.165) is 0 Å². The van der Waals surface area contributed by atoms with E-state index in [-0.39, 0.29) is 24.0 Å². The smallest absolute Gasteiger partial charge is 0.114 e. The monoisotopic (exact) mass is 432 g/mol.